The van der Waals surface area contributed by atoms with Gasteiger partial charge < -0.3 is 5.32 Å². The van der Waals surface area contributed by atoms with Crippen LogP contribution in [0, 0.1) is 6.92 Å². The zero-order valence-electron chi connectivity index (χ0n) is 11.3. The Kier molecular flexibility index (Phi) is 6.24. The van der Waals surface area contributed by atoms with E-state index < -0.39 is 0 Å². The summed E-state index contributed by atoms with van der Waals surface area (Å²) in [4.78, 5) is 16.9. The number of aromatic nitrogens is 1. The lowest BCUT2D eigenvalue weighted by Gasteiger charge is -2.09. The number of aryl methyl sites for hydroxylation is 1. The van der Waals surface area contributed by atoms with Crippen molar-refractivity contribution in [3.63, 3.8) is 0 Å². The number of anilines is 1. The van der Waals surface area contributed by atoms with Crippen molar-refractivity contribution in [2.45, 2.75) is 11.8 Å². The Morgan fingerprint density at radius 2 is 1.86 bits per heavy atom. The number of rotatable bonds is 4. The van der Waals surface area contributed by atoms with Gasteiger partial charge >= 0.3 is 0 Å². The third-order valence-corrected chi connectivity index (χ3v) is 5.02. The Balaban J connectivity index is 2.02. The molecule has 2 rings (SSSR count). The fraction of sp³-hybridized carbons (Fsp3) is 0.143. The molecule has 22 heavy (non-hydrogen) atoms. The molecule has 3 nitrogen and oxygen atoms in total. The van der Waals surface area contributed by atoms with Crippen LogP contribution in [0.5, 0.6) is 0 Å². The molecule has 0 unspecified atom stereocenters. The molecule has 0 aliphatic carbocycles. The highest BCUT2D eigenvalue weighted by atomic mass is 35.5. The van der Waals surface area contributed by atoms with Gasteiger partial charge in [-0.15, -0.1) is 11.8 Å². The van der Waals surface area contributed by atoms with Crippen molar-refractivity contribution in [1.29, 1.82) is 0 Å². The maximum Gasteiger partial charge on any atom is 0.235 e. The van der Waals surface area contributed by atoms with E-state index in [0.717, 1.165) is 4.90 Å². The summed E-state index contributed by atoms with van der Waals surface area (Å²) in [6.45, 7) is 1.73. The SMILES string of the molecule is Cc1nc(NC(=O)CSc2cc(Cl)ccc2Cl)c(Cl)cc1Cl. The molecule has 0 fully saturated rings. The molecule has 1 N–H and O–H groups in total. The van der Waals surface area contributed by atoms with Crippen molar-refractivity contribution in [2.75, 3.05) is 11.1 Å². The first-order chi connectivity index (χ1) is 10.4. The number of amides is 1. The zero-order chi connectivity index (χ0) is 16.3. The highest BCUT2D eigenvalue weighted by Crippen LogP contribution is 2.30. The Bertz CT molecular complexity index is 724. The Labute approximate surface area is 152 Å². The Hall–Kier alpha value is -0.650. The Morgan fingerprint density at radius 1 is 1.14 bits per heavy atom. The van der Waals surface area contributed by atoms with Crippen LogP contribution in [0.15, 0.2) is 29.2 Å². The molecule has 1 aromatic heterocycles. The van der Waals surface area contributed by atoms with Gasteiger partial charge in [0.15, 0.2) is 5.82 Å². The second-order valence-corrected chi connectivity index (χ2v) is 6.97. The van der Waals surface area contributed by atoms with Crippen LogP contribution in [-0.2, 0) is 4.79 Å². The number of carbonyl (C=O) groups excluding carboxylic acids is 1. The number of halogens is 4. The molecule has 1 heterocycles. The van der Waals surface area contributed by atoms with Gasteiger partial charge in [0.1, 0.15) is 0 Å². The van der Waals surface area contributed by atoms with Crippen LogP contribution in [0.25, 0.3) is 0 Å². The van der Waals surface area contributed by atoms with E-state index in [1.165, 1.54) is 11.8 Å². The summed E-state index contributed by atoms with van der Waals surface area (Å²) >= 11 is 25.1. The molecule has 0 aliphatic rings. The average molecular weight is 396 g/mol. The standard InChI is InChI=1S/C14H10Cl4N2OS/c1-7-10(17)5-11(18)14(19-7)20-13(21)6-22-12-4-8(15)2-3-9(12)16/h2-5H,6H2,1H3,(H,19,20,21). The van der Waals surface area contributed by atoms with Crippen LogP contribution >= 0.6 is 58.2 Å². The van der Waals surface area contributed by atoms with Crippen LogP contribution in [0.1, 0.15) is 5.69 Å². The molecule has 8 heteroatoms. The lowest BCUT2D eigenvalue weighted by Crippen LogP contribution is -2.15. The van der Waals surface area contributed by atoms with E-state index in [9.17, 15) is 4.79 Å². The third-order valence-electron chi connectivity index (χ3n) is 2.61. The number of nitrogens with zero attached hydrogens (tertiary/aromatic N) is 1. The topological polar surface area (TPSA) is 42.0 Å². The van der Waals surface area contributed by atoms with Gasteiger partial charge in [0.05, 0.1) is 26.5 Å². The normalized spacial score (nSPS) is 10.6. The summed E-state index contributed by atoms with van der Waals surface area (Å²) in [5.74, 6) is 0.184. The summed E-state index contributed by atoms with van der Waals surface area (Å²) in [7, 11) is 0. The van der Waals surface area contributed by atoms with Crippen molar-refractivity contribution < 1.29 is 4.79 Å². The zero-order valence-corrected chi connectivity index (χ0v) is 15.1. The maximum atomic E-state index is 12.0. The predicted molar refractivity (Wildman–Crippen MR) is 94.8 cm³/mol. The van der Waals surface area contributed by atoms with E-state index in [0.29, 0.717) is 20.8 Å². The largest absolute Gasteiger partial charge is 0.309 e. The van der Waals surface area contributed by atoms with Crippen molar-refractivity contribution in [1.82, 2.24) is 4.98 Å². The van der Waals surface area contributed by atoms with E-state index >= 15 is 0 Å². The van der Waals surface area contributed by atoms with Gasteiger partial charge in [-0.25, -0.2) is 4.98 Å². The molecule has 0 radical (unpaired) electrons. The van der Waals surface area contributed by atoms with Gasteiger partial charge in [0, 0.05) is 9.92 Å². The van der Waals surface area contributed by atoms with Crippen molar-refractivity contribution >= 4 is 69.9 Å². The predicted octanol–water partition coefficient (Wildman–Crippen LogP) is 5.73. The molecule has 1 amide bonds. The molecule has 0 saturated heterocycles. The first-order valence-electron chi connectivity index (χ1n) is 6.07. The first kappa shape index (κ1) is 17.7. The number of carbonyl (C=O) groups is 1. The van der Waals surface area contributed by atoms with E-state index in [2.05, 4.69) is 10.3 Å². The number of hydrogen-bond donors (Lipinski definition) is 1. The molecule has 1 aromatic carbocycles. The molecule has 0 bridgehead atoms. The molecule has 0 aliphatic heterocycles. The van der Waals surface area contributed by atoms with Crippen molar-refractivity contribution in [3.8, 4) is 0 Å². The smallest absolute Gasteiger partial charge is 0.235 e. The molecular formula is C14H10Cl4N2OS. The molecule has 0 atom stereocenters. The van der Waals surface area contributed by atoms with Crippen molar-refractivity contribution in [3.05, 3.63) is 50.0 Å². The lowest BCUT2D eigenvalue weighted by molar-refractivity contribution is -0.113. The number of pyridine rings is 1. The van der Waals surface area contributed by atoms with E-state index in [1.807, 2.05) is 0 Å². The minimum absolute atomic E-state index is 0.153. The first-order valence-corrected chi connectivity index (χ1v) is 8.57. The van der Waals surface area contributed by atoms with Crippen LogP contribution < -0.4 is 5.32 Å². The molecule has 2 aromatic rings. The summed E-state index contributed by atoms with van der Waals surface area (Å²) in [6, 6.07) is 6.63. The van der Waals surface area contributed by atoms with Gasteiger partial charge in [0.2, 0.25) is 5.91 Å². The lowest BCUT2D eigenvalue weighted by atomic mass is 10.3. The summed E-state index contributed by atoms with van der Waals surface area (Å²) < 4.78 is 0. The molecule has 0 spiro atoms. The number of hydrogen-bond acceptors (Lipinski definition) is 3. The van der Waals surface area contributed by atoms with Gasteiger partial charge in [-0.3, -0.25) is 4.79 Å². The second-order valence-electron chi connectivity index (χ2n) is 4.30. The van der Waals surface area contributed by atoms with E-state index in [4.69, 9.17) is 46.4 Å². The van der Waals surface area contributed by atoms with Crippen molar-refractivity contribution in [2.24, 2.45) is 0 Å². The Morgan fingerprint density at radius 3 is 2.59 bits per heavy atom. The van der Waals surface area contributed by atoms with Gasteiger partial charge in [-0.05, 0) is 31.2 Å². The highest BCUT2D eigenvalue weighted by Gasteiger charge is 2.11. The molecular weight excluding hydrogens is 386 g/mol. The number of thioether (sulfide) groups is 1. The quantitative estimate of drug-likeness (QED) is 0.671. The van der Waals surface area contributed by atoms with Crippen LogP contribution in [0.2, 0.25) is 20.1 Å². The maximum absolute atomic E-state index is 12.0. The van der Waals surface area contributed by atoms with Crippen LogP contribution in [0.4, 0.5) is 5.82 Å². The molecule has 116 valence electrons. The number of benzene rings is 1. The van der Waals surface area contributed by atoms with Gasteiger partial charge in [-0.2, -0.15) is 0 Å². The molecule has 0 saturated carbocycles. The summed E-state index contributed by atoms with van der Waals surface area (Å²) in [6.07, 6.45) is 0. The highest BCUT2D eigenvalue weighted by molar-refractivity contribution is 8.00. The fourth-order valence-electron chi connectivity index (χ4n) is 1.55. The monoisotopic (exact) mass is 394 g/mol. The summed E-state index contributed by atoms with van der Waals surface area (Å²) in [5.41, 5.74) is 0.590. The second kappa shape index (κ2) is 7.75. The van der Waals surface area contributed by atoms with E-state index in [1.54, 1.807) is 31.2 Å². The fourth-order valence-corrected chi connectivity index (χ4v) is 3.24. The summed E-state index contributed by atoms with van der Waals surface area (Å²) in [5, 5.41) is 4.48. The minimum Gasteiger partial charge on any atom is -0.309 e. The number of nitrogens with one attached hydrogen (secondary N) is 1. The van der Waals surface area contributed by atoms with Gasteiger partial charge in [-0.1, -0.05) is 46.4 Å². The minimum atomic E-state index is -0.253. The third kappa shape index (κ3) is 4.67. The average Bonchev–Trinajstić information content (AvgIpc) is 2.45. The van der Waals surface area contributed by atoms with Crippen LogP contribution in [0.3, 0.4) is 0 Å². The van der Waals surface area contributed by atoms with Gasteiger partial charge in [0.25, 0.3) is 0 Å². The van der Waals surface area contributed by atoms with Crippen LogP contribution in [-0.4, -0.2) is 16.6 Å². The van der Waals surface area contributed by atoms with E-state index in [-0.39, 0.29) is 22.5 Å².